The van der Waals surface area contributed by atoms with Crippen LogP contribution in [0.1, 0.15) is 22.3 Å². The van der Waals surface area contributed by atoms with Gasteiger partial charge in [0, 0.05) is 0 Å². The number of carbonyl (C=O) groups is 3. The number of amides is 4. The van der Waals surface area contributed by atoms with Gasteiger partial charge in [0.15, 0.2) is 11.5 Å². The molecule has 1 fully saturated rings. The largest absolute Gasteiger partial charge is 0.493 e. The summed E-state index contributed by atoms with van der Waals surface area (Å²) < 4.78 is 12.5. The third kappa shape index (κ3) is 5.24. The van der Waals surface area contributed by atoms with Crippen LogP contribution in [0.2, 0.25) is 0 Å². The monoisotopic (exact) mass is 632 g/mol. The lowest BCUT2D eigenvalue weighted by Crippen LogP contribution is -2.54. The third-order valence-corrected chi connectivity index (χ3v) is 7.47. The van der Waals surface area contributed by atoms with Crippen LogP contribution >= 0.6 is 22.6 Å². The summed E-state index contributed by atoms with van der Waals surface area (Å²) >= 11 is 2.14. The molecule has 1 saturated heterocycles. The number of hydrogen-bond donors (Lipinski definition) is 1. The molecule has 5 rings (SSSR count). The van der Waals surface area contributed by atoms with Crippen molar-refractivity contribution in [1.29, 1.82) is 0 Å². The average Bonchev–Trinajstić information content (AvgIpc) is 2.92. The number of barbiturate groups is 1. The van der Waals surface area contributed by atoms with Gasteiger partial charge in [-0.2, -0.15) is 0 Å². The fraction of sp³-hybridized carbons (Fsp3) is 0.129. The van der Waals surface area contributed by atoms with Gasteiger partial charge in [-0.1, -0.05) is 48.5 Å². The Morgan fingerprint density at radius 1 is 0.923 bits per heavy atom. The lowest BCUT2D eigenvalue weighted by molar-refractivity contribution is -0.122. The number of nitrogens with zero attached hydrogens (tertiary/aromatic N) is 1. The van der Waals surface area contributed by atoms with Crippen LogP contribution in [0.25, 0.3) is 16.8 Å². The van der Waals surface area contributed by atoms with Gasteiger partial charge >= 0.3 is 6.03 Å². The zero-order valence-corrected chi connectivity index (χ0v) is 23.7. The van der Waals surface area contributed by atoms with Crippen LogP contribution in [0.3, 0.4) is 0 Å². The molecular weight excluding hydrogens is 607 g/mol. The maximum Gasteiger partial charge on any atom is 0.335 e. The molecule has 0 saturated carbocycles. The molecule has 0 unspecified atom stereocenters. The Morgan fingerprint density at radius 2 is 1.69 bits per heavy atom. The molecule has 1 aliphatic heterocycles. The van der Waals surface area contributed by atoms with Gasteiger partial charge in [0.25, 0.3) is 11.8 Å². The van der Waals surface area contributed by atoms with E-state index < -0.39 is 17.8 Å². The van der Waals surface area contributed by atoms with Crippen LogP contribution < -0.4 is 19.7 Å². The SMILES string of the molecule is COc1cc(/C=C2\C(=O)NC(=O)N(c3ccc(C)c(C)c3)C2=O)cc(I)c1OCc1cccc2ccccc12. The summed E-state index contributed by atoms with van der Waals surface area (Å²) in [5, 5.41) is 4.51. The maximum absolute atomic E-state index is 13.3. The van der Waals surface area contributed by atoms with Gasteiger partial charge in [0.05, 0.1) is 16.4 Å². The van der Waals surface area contributed by atoms with Crippen LogP contribution in [0, 0.1) is 17.4 Å². The second-order valence-electron chi connectivity index (χ2n) is 9.19. The Hall–Kier alpha value is -4.18. The van der Waals surface area contributed by atoms with Gasteiger partial charge < -0.3 is 9.47 Å². The molecule has 0 atom stereocenters. The Kier molecular flexibility index (Phi) is 7.38. The van der Waals surface area contributed by atoms with Crippen molar-refractivity contribution in [2.75, 3.05) is 12.0 Å². The quantitative estimate of drug-likeness (QED) is 0.153. The smallest absolute Gasteiger partial charge is 0.335 e. The van der Waals surface area contributed by atoms with E-state index in [4.69, 9.17) is 9.47 Å². The van der Waals surface area contributed by atoms with Gasteiger partial charge in [0.1, 0.15) is 12.2 Å². The Balaban J connectivity index is 1.45. The van der Waals surface area contributed by atoms with E-state index in [-0.39, 0.29) is 5.57 Å². The molecule has 1 aliphatic rings. The molecule has 4 amide bonds. The fourth-order valence-corrected chi connectivity index (χ4v) is 5.24. The number of ether oxygens (including phenoxy) is 2. The summed E-state index contributed by atoms with van der Waals surface area (Å²) in [5.74, 6) is -0.438. The van der Waals surface area contributed by atoms with Crippen molar-refractivity contribution in [3.8, 4) is 11.5 Å². The molecule has 8 heteroatoms. The average molecular weight is 632 g/mol. The number of aryl methyl sites for hydroxylation is 2. The number of methoxy groups -OCH3 is 1. The fourth-order valence-electron chi connectivity index (χ4n) is 4.45. The Morgan fingerprint density at radius 3 is 2.46 bits per heavy atom. The van der Waals surface area contributed by atoms with Crippen molar-refractivity contribution < 1.29 is 23.9 Å². The molecule has 0 radical (unpaired) electrons. The maximum atomic E-state index is 13.3. The minimum atomic E-state index is -0.783. The lowest BCUT2D eigenvalue weighted by atomic mass is 10.0. The second-order valence-corrected chi connectivity index (χ2v) is 10.3. The standard InChI is InChI=1S/C31H25IN2O5/c1-18-11-12-23(13-19(18)2)34-30(36)25(29(35)33-31(34)37)14-20-15-26(32)28(27(16-20)38-3)39-17-22-9-6-8-21-7-4-5-10-24(21)22/h4-16H,17H2,1-3H3,(H,33,35,37)/b25-14+. The molecule has 1 N–H and O–H groups in total. The first-order valence-corrected chi connectivity index (χ1v) is 13.3. The second kappa shape index (κ2) is 10.9. The highest BCUT2D eigenvalue weighted by atomic mass is 127. The molecule has 39 heavy (non-hydrogen) atoms. The number of halogens is 1. The van der Waals surface area contributed by atoms with E-state index >= 15 is 0 Å². The van der Waals surface area contributed by atoms with Crippen molar-refractivity contribution in [2.24, 2.45) is 0 Å². The molecule has 0 aliphatic carbocycles. The number of carbonyl (C=O) groups excluding carboxylic acids is 3. The molecule has 196 valence electrons. The first-order chi connectivity index (χ1) is 18.8. The predicted molar refractivity (Wildman–Crippen MR) is 159 cm³/mol. The van der Waals surface area contributed by atoms with Crippen LogP contribution in [0.15, 0.2) is 78.4 Å². The normalized spacial score (nSPS) is 14.6. The molecular formula is C31H25IN2O5. The number of nitrogens with one attached hydrogen (secondary N) is 1. The Bertz CT molecular complexity index is 1670. The Labute approximate surface area is 239 Å². The number of benzene rings is 4. The molecule has 7 nitrogen and oxygen atoms in total. The van der Waals surface area contributed by atoms with Crippen molar-refractivity contribution in [3.05, 3.63) is 104 Å². The number of rotatable bonds is 6. The highest BCUT2D eigenvalue weighted by Crippen LogP contribution is 2.36. The summed E-state index contributed by atoms with van der Waals surface area (Å²) in [5.41, 5.74) is 3.78. The van der Waals surface area contributed by atoms with Gasteiger partial charge in [-0.3, -0.25) is 14.9 Å². The van der Waals surface area contributed by atoms with Crippen molar-refractivity contribution in [2.45, 2.75) is 20.5 Å². The zero-order valence-electron chi connectivity index (χ0n) is 21.6. The summed E-state index contributed by atoms with van der Waals surface area (Å²) in [4.78, 5) is 39.6. The molecule has 0 aromatic heterocycles. The predicted octanol–water partition coefficient (Wildman–Crippen LogP) is 6.32. The highest BCUT2D eigenvalue weighted by Gasteiger charge is 2.37. The number of fused-ring (bicyclic) bond motifs is 1. The topological polar surface area (TPSA) is 84.9 Å². The van der Waals surface area contributed by atoms with E-state index in [0.29, 0.717) is 29.4 Å². The van der Waals surface area contributed by atoms with Crippen LogP contribution in [0.5, 0.6) is 11.5 Å². The first-order valence-electron chi connectivity index (χ1n) is 12.2. The zero-order chi connectivity index (χ0) is 27.7. The van der Waals surface area contributed by atoms with E-state index in [9.17, 15) is 14.4 Å². The van der Waals surface area contributed by atoms with Crippen molar-refractivity contribution in [3.63, 3.8) is 0 Å². The number of urea groups is 1. The molecule has 1 heterocycles. The highest BCUT2D eigenvalue weighted by molar-refractivity contribution is 14.1. The van der Waals surface area contributed by atoms with Crippen LogP contribution in [-0.4, -0.2) is 25.0 Å². The molecule has 4 aromatic carbocycles. The summed E-state index contributed by atoms with van der Waals surface area (Å²) in [6.07, 6.45) is 1.46. The van der Waals surface area contributed by atoms with Crippen molar-refractivity contribution in [1.82, 2.24) is 5.32 Å². The van der Waals surface area contributed by atoms with Crippen molar-refractivity contribution >= 4 is 63.0 Å². The van der Waals surface area contributed by atoms with E-state index in [1.165, 1.54) is 13.2 Å². The van der Waals surface area contributed by atoms with Gasteiger partial charge in [-0.15, -0.1) is 0 Å². The minimum Gasteiger partial charge on any atom is -0.493 e. The lowest BCUT2D eigenvalue weighted by Gasteiger charge is -2.27. The molecule has 0 spiro atoms. The number of hydrogen-bond acceptors (Lipinski definition) is 5. The van der Waals surface area contributed by atoms with E-state index in [1.54, 1.807) is 24.3 Å². The summed E-state index contributed by atoms with van der Waals surface area (Å²) in [6, 6.07) is 22.2. The van der Waals surface area contributed by atoms with E-state index in [1.807, 2.05) is 44.2 Å². The van der Waals surface area contributed by atoms with Crippen LogP contribution in [-0.2, 0) is 16.2 Å². The third-order valence-electron chi connectivity index (χ3n) is 6.67. The minimum absolute atomic E-state index is 0.157. The van der Waals surface area contributed by atoms with Gasteiger partial charge in [-0.25, -0.2) is 9.69 Å². The first kappa shape index (κ1) is 26.4. The summed E-state index contributed by atoms with van der Waals surface area (Å²) in [7, 11) is 1.53. The number of imide groups is 2. The number of anilines is 1. The van der Waals surface area contributed by atoms with Crippen LogP contribution in [0.4, 0.5) is 10.5 Å². The van der Waals surface area contributed by atoms with E-state index in [0.717, 1.165) is 35.9 Å². The summed E-state index contributed by atoms with van der Waals surface area (Å²) in [6.45, 7) is 4.17. The van der Waals surface area contributed by atoms with E-state index in [2.05, 4.69) is 46.1 Å². The molecule has 4 aromatic rings. The molecule has 0 bridgehead atoms. The van der Waals surface area contributed by atoms with Gasteiger partial charge in [0.2, 0.25) is 0 Å². The van der Waals surface area contributed by atoms with Gasteiger partial charge in [-0.05, 0) is 99.8 Å².